The zero-order valence-electron chi connectivity index (χ0n) is 14.9. The number of urea groups is 1. The van der Waals surface area contributed by atoms with Crippen LogP contribution in [0.5, 0.6) is 0 Å². The molecule has 1 aromatic rings. The topological polar surface area (TPSA) is 64.7 Å². The average molecular weight is 367 g/mol. The SMILES string of the molecule is CC(C)CNC(=O)NC(=O)CN1CCN(Cc2ccc(Cl)cc2)CC1. The summed E-state index contributed by atoms with van der Waals surface area (Å²) in [5, 5.41) is 5.81. The van der Waals surface area contributed by atoms with E-state index in [0.717, 1.165) is 37.7 Å². The molecule has 1 saturated heterocycles. The highest BCUT2D eigenvalue weighted by molar-refractivity contribution is 6.30. The molecule has 25 heavy (non-hydrogen) atoms. The Balaban J connectivity index is 1.66. The Hall–Kier alpha value is -1.63. The van der Waals surface area contributed by atoms with Crippen LogP contribution in [0.4, 0.5) is 4.79 Å². The number of halogens is 1. The first-order valence-electron chi connectivity index (χ1n) is 8.69. The summed E-state index contributed by atoms with van der Waals surface area (Å²) in [7, 11) is 0. The minimum absolute atomic E-state index is 0.254. The summed E-state index contributed by atoms with van der Waals surface area (Å²) in [6.07, 6.45) is 0. The molecule has 138 valence electrons. The lowest BCUT2D eigenvalue weighted by molar-refractivity contribution is -0.121. The standard InChI is InChI=1S/C18H27ClN4O2/c1-14(2)11-20-18(25)21-17(24)13-23-9-7-22(8-10-23)12-15-3-5-16(19)6-4-15/h3-6,14H,7-13H2,1-2H3,(H2,20,21,24,25). The number of benzene rings is 1. The number of hydrogen-bond acceptors (Lipinski definition) is 4. The van der Waals surface area contributed by atoms with Crippen molar-refractivity contribution in [1.29, 1.82) is 0 Å². The number of piperazine rings is 1. The molecule has 0 radical (unpaired) electrons. The van der Waals surface area contributed by atoms with Crippen LogP contribution in [0, 0.1) is 5.92 Å². The van der Waals surface area contributed by atoms with Gasteiger partial charge in [0.1, 0.15) is 0 Å². The van der Waals surface area contributed by atoms with Crippen molar-refractivity contribution in [3.05, 3.63) is 34.9 Å². The molecule has 6 nitrogen and oxygen atoms in total. The predicted octanol–water partition coefficient (Wildman–Crippen LogP) is 1.94. The van der Waals surface area contributed by atoms with Gasteiger partial charge in [-0.15, -0.1) is 0 Å². The number of amides is 3. The van der Waals surface area contributed by atoms with Crippen LogP contribution < -0.4 is 10.6 Å². The van der Waals surface area contributed by atoms with Gasteiger partial charge in [0, 0.05) is 44.3 Å². The minimum Gasteiger partial charge on any atom is -0.338 e. The zero-order valence-corrected chi connectivity index (χ0v) is 15.7. The van der Waals surface area contributed by atoms with Crippen LogP contribution in [0.3, 0.4) is 0 Å². The zero-order chi connectivity index (χ0) is 18.2. The molecule has 0 atom stereocenters. The first-order valence-corrected chi connectivity index (χ1v) is 9.07. The Morgan fingerprint density at radius 2 is 1.68 bits per heavy atom. The normalized spacial score (nSPS) is 16.0. The van der Waals surface area contributed by atoms with Crippen LogP contribution >= 0.6 is 11.6 Å². The number of nitrogens with one attached hydrogen (secondary N) is 2. The summed E-state index contributed by atoms with van der Waals surface area (Å²) in [6.45, 7) is 9.13. The second kappa shape index (κ2) is 9.75. The Kier molecular flexibility index (Phi) is 7.68. The maximum Gasteiger partial charge on any atom is 0.321 e. The molecule has 0 aromatic heterocycles. The molecule has 2 N–H and O–H groups in total. The van der Waals surface area contributed by atoms with Gasteiger partial charge in [-0.3, -0.25) is 19.9 Å². The van der Waals surface area contributed by atoms with Crippen LogP contribution in [-0.2, 0) is 11.3 Å². The van der Waals surface area contributed by atoms with Gasteiger partial charge in [-0.25, -0.2) is 4.79 Å². The highest BCUT2D eigenvalue weighted by Gasteiger charge is 2.19. The van der Waals surface area contributed by atoms with E-state index in [2.05, 4.69) is 20.4 Å². The van der Waals surface area contributed by atoms with E-state index in [0.29, 0.717) is 12.5 Å². The summed E-state index contributed by atoms with van der Waals surface area (Å²) in [5.41, 5.74) is 1.23. The lowest BCUT2D eigenvalue weighted by atomic mass is 10.2. The van der Waals surface area contributed by atoms with Gasteiger partial charge < -0.3 is 5.32 Å². The van der Waals surface area contributed by atoms with Crippen LogP contribution in [-0.4, -0.2) is 61.0 Å². The quantitative estimate of drug-likeness (QED) is 0.807. The number of imide groups is 1. The van der Waals surface area contributed by atoms with Gasteiger partial charge >= 0.3 is 6.03 Å². The van der Waals surface area contributed by atoms with E-state index in [4.69, 9.17) is 11.6 Å². The minimum atomic E-state index is -0.417. The van der Waals surface area contributed by atoms with E-state index < -0.39 is 6.03 Å². The molecule has 0 spiro atoms. The number of carbonyl (C=O) groups is 2. The molecular weight excluding hydrogens is 340 g/mol. The maximum atomic E-state index is 11.9. The third-order valence-electron chi connectivity index (χ3n) is 4.08. The first-order chi connectivity index (χ1) is 11.9. The van der Waals surface area contributed by atoms with Crippen molar-refractivity contribution in [1.82, 2.24) is 20.4 Å². The molecule has 3 amide bonds. The van der Waals surface area contributed by atoms with Gasteiger partial charge in [-0.2, -0.15) is 0 Å². The fraction of sp³-hybridized carbons (Fsp3) is 0.556. The molecular formula is C18H27ClN4O2. The summed E-state index contributed by atoms with van der Waals surface area (Å²) in [6, 6.07) is 7.47. The molecule has 1 aliphatic heterocycles. The predicted molar refractivity (Wildman–Crippen MR) is 99.5 cm³/mol. The second-order valence-electron chi connectivity index (χ2n) is 6.83. The molecule has 1 heterocycles. The van der Waals surface area contributed by atoms with Gasteiger partial charge in [0.05, 0.1) is 6.54 Å². The third kappa shape index (κ3) is 7.42. The lowest BCUT2D eigenvalue weighted by Crippen LogP contribution is -2.51. The Labute approximate surface area is 154 Å². The summed E-state index contributed by atoms with van der Waals surface area (Å²) < 4.78 is 0. The number of nitrogens with zero attached hydrogens (tertiary/aromatic N) is 2. The summed E-state index contributed by atoms with van der Waals surface area (Å²) in [5.74, 6) is 0.0991. The van der Waals surface area contributed by atoms with E-state index in [-0.39, 0.29) is 12.5 Å². The highest BCUT2D eigenvalue weighted by atomic mass is 35.5. The van der Waals surface area contributed by atoms with Crippen molar-refractivity contribution in [2.24, 2.45) is 5.92 Å². The molecule has 0 aliphatic carbocycles. The number of rotatable bonds is 6. The van der Waals surface area contributed by atoms with E-state index in [1.54, 1.807) is 0 Å². The van der Waals surface area contributed by atoms with E-state index >= 15 is 0 Å². The number of hydrogen-bond donors (Lipinski definition) is 2. The number of carbonyl (C=O) groups excluding carboxylic acids is 2. The van der Waals surface area contributed by atoms with Gasteiger partial charge in [-0.05, 0) is 23.6 Å². The monoisotopic (exact) mass is 366 g/mol. The van der Waals surface area contributed by atoms with Crippen molar-refractivity contribution in [3.8, 4) is 0 Å². The average Bonchev–Trinajstić information content (AvgIpc) is 2.57. The Morgan fingerprint density at radius 1 is 1.08 bits per heavy atom. The van der Waals surface area contributed by atoms with Crippen LogP contribution in [0.1, 0.15) is 19.4 Å². The fourth-order valence-corrected chi connectivity index (χ4v) is 2.79. The van der Waals surface area contributed by atoms with Gasteiger partial charge in [0.2, 0.25) is 5.91 Å². The highest BCUT2D eigenvalue weighted by Crippen LogP contribution is 2.12. The van der Waals surface area contributed by atoms with Crippen molar-refractivity contribution in [3.63, 3.8) is 0 Å². The van der Waals surface area contributed by atoms with Gasteiger partial charge in [0.15, 0.2) is 0 Å². The Bertz CT molecular complexity index is 569. The van der Waals surface area contributed by atoms with Crippen molar-refractivity contribution >= 4 is 23.5 Å². The Morgan fingerprint density at radius 3 is 2.28 bits per heavy atom. The van der Waals surface area contributed by atoms with E-state index in [1.165, 1.54) is 5.56 Å². The van der Waals surface area contributed by atoms with Crippen molar-refractivity contribution in [2.75, 3.05) is 39.3 Å². The van der Waals surface area contributed by atoms with Crippen molar-refractivity contribution in [2.45, 2.75) is 20.4 Å². The van der Waals surface area contributed by atoms with Crippen LogP contribution in [0.15, 0.2) is 24.3 Å². The van der Waals surface area contributed by atoms with Gasteiger partial charge in [-0.1, -0.05) is 37.6 Å². The third-order valence-corrected chi connectivity index (χ3v) is 4.33. The van der Waals surface area contributed by atoms with E-state index in [9.17, 15) is 9.59 Å². The lowest BCUT2D eigenvalue weighted by Gasteiger charge is -2.34. The molecule has 7 heteroatoms. The fourth-order valence-electron chi connectivity index (χ4n) is 2.66. The molecule has 1 aromatic carbocycles. The van der Waals surface area contributed by atoms with Gasteiger partial charge in [0.25, 0.3) is 0 Å². The molecule has 0 saturated carbocycles. The summed E-state index contributed by atoms with van der Waals surface area (Å²) >= 11 is 5.91. The van der Waals surface area contributed by atoms with E-state index in [1.807, 2.05) is 38.1 Å². The van der Waals surface area contributed by atoms with Crippen LogP contribution in [0.2, 0.25) is 5.02 Å². The maximum absolute atomic E-state index is 11.9. The first kappa shape index (κ1) is 19.7. The molecule has 2 rings (SSSR count). The smallest absolute Gasteiger partial charge is 0.321 e. The second-order valence-corrected chi connectivity index (χ2v) is 7.27. The summed E-state index contributed by atoms with van der Waals surface area (Å²) in [4.78, 5) is 28.0. The van der Waals surface area contributed by atoms with Crippen LogP contribution in [0.25, 0.3) is 0 Å². The molecule has 0 bridgehead atoms. The molecule has 1 aliphatic rings. The largest absolute Gasteiger partial charge is 0.338 e. The molecule has 1 fully saturated rings. The molecule has 0 unspecified atom stereocenters. The van der Waals surface area contributed by atoms with Crippen molar-refractivity contribution < 1.29 is 9.59 Å².